The van der Waals surface area contributed by atoms with Crippen LogP contribution in [0.3, 0.4) is 0 Å². The van der Waals surface area contributed by atoms with Gasteiger partial charge in [-0.2, -0.15) is 23.3 Å². The fraction of sp³-hybridized carbons (Fsp3) is 0.476. The largest absolute Gasteiger partial charge is 0.416 e. The molecule has 3 heterocycles. The van der Waals surface area contributed by atoms with Crippen LogP contribution in [0.4, 0.5) is 13.2 Å². The van der Waals surface area contributed by atoms with E-state index < -0.39 is 11.7 Å². The number of hydrogen-bond donors (Lipinski definition) is 0. The first-order valence-electron chi connectivity index (χ1n) is 9.98. The van der Waals surface area contributed by atoms with Crippen molar-refractivity contribution >= 4 is 0 Å². The molecule has 1 saturated heterocycles. The van der Waals surface area contributed by atoms with Gasteiger partial charge in [0, 0.05) is 31.2 Å². The van der Waals surface area contributed by atoms with Gasteiger partial charge in [-0.05, 0) is 30.9 Å². The van der Waals surface area contributed by atoms with Crippen molar-refractivity contribution in [3.05, 3.63) is 41.7 Å². The molecule has 0 radical (unpaired) electrons. The monoisotopic (exact) mass is 420 g/mol. The lowest BCUT2D eigenvalue weighted by Gasteiger charge is -2.24. The van der Waals surface area contributed by atoms with Crippen molar-refractivity contribution in [3.8, 4) is 22.8 Å². The van der Waals surface area contributed by atoms with E-state index in [4.69, 9.17) is 9.26 Å². The van der Waals surface area contributed by atoms with Gasteiger partial charge in [0.15, 0.2) is 0 Å². The third-order valence-corrected chi connectivity index (χ3v) is 5.13. The number of benzene rings is 1. The number of ether oxygens (including phenoxy) is 1. The van der Waals surface area contributed by atoms with Crippen LogP contribution in [0.2, 0.25) is 0 Å². The molecule has 0 amide bonds. The van der Waals surface area contributed by atoms with Crippen LogP contribution < -0.4 is 0 Å². The zero-order valence-corrected chi connectivity index (χ0v) is 16.8. The van der Waals surface area contributed by atoms with E-state index in [1.807, 2.05) is 4.68 Å². The Hall–Kier alpha value is -2.68. The first-order valence-corrected chi connectivity index (χ1v) is 9.98. The molecular formula is C21H23F3N4O2. The molecule has 2 aromatic heterocycles. The highest BCUT2D eigenvalue weighted by molar-refractivity contribution is 5.62. The molecule has 9 heteroatoms. The molecule has 0 aliphatic carbocycles. The van der Waals surface area contributed by atoms with Gasteiger partial charge in [0.05, 0.1) is 23.0 Å². The Morgan fingerprint density at radius 3 is 2.67 bits per heavy atom. The van der Waals surface area contributed by atoms with E-state index in [-0.39, 0.29) is 23.2 Å². The number of alkyl halides is 3. The summed E-state index contributed by atoms with van der Waals surface area (Å²) in [7, 11) is 0. The number of nitrogens with zero attached hydrogens (tertiary/aromatic N) is 4. The SMILES string of the molecule is CC(C)Cn1ncc(-c2nc(-c3cccc(C(F)(F)F)c3)no2)c1C1CCOCC1. The van der Waals surface area contributed by atoms with Gasteiger partial charge in [-0.3, -0.25) is 4.68 Å². The van der Waals surface area contributed by atoms with E-state index in [2.05, 4.69) is 29.1 Å². The molecule has 3 aromatic rings. The summed E-state index contributed by atoms with van der Waals surface area (Å²) in [4.78, 5) is 4.39. The summed E-state index contributed by atoms with van der Waals surface area (Å²) in [5, 5.41) is 8.46. The third kappa shape index (κ3) is 4.26. The van der Waals surface area contributed by atoms with Crippen LogP contribution in [-0.4, -0.2) is 33.1 Å². The Labute approximate surface area is 172 Å². The van der Waals surface area contributed by atoms with Gasteiger partial charge < -0.3 is 9.26 Å². The highest BCUT2D eigenvalue weighted by Gasteiger charge is 2.31. The van der Waals surface area contributed by atoms with E-state index in [9.17, 15) is 13.2 Å². The minimum absolute atomic E-state index is 0.116. The van der Waals surface area contributed by atoms with Crippen LogP contribution in [0.15, 0.2) is 35.0 Å². The maximum atomic E-state index is 13.0. The molecule has 1 aliphatic heterocycles. The molecule has 160 valence electrons. The van der Waals surface area contributed by atoms with Gasteiger partial charge in [0.25, 0.3) is 5.89 Å². The second kappa shape index (κ2) is 8.22. The van der Waals surface area contributed by atoms with E-state index in [1.54, 1.807) is 6.20 Å². The van der Waals surface area contributed by atoms with Gasteiger partial charge in [0.2, 0.25) is 5.82 Å². The van der Waals surface area contributed by atoms with Crippen LogP contribution in [-0.2, 0) is 17.5 Å². The highest BCUT2D eigenvalue weighted by Crippen LogP contribution is 2.36. The first-order chi connectivity index (χ1) is 14.3. The number of halogens is 3. The summed E-state index contributed by atoms with van der Waals surface area (Å²) in [5.74, 6) is 1.03. The Balaban J connectivity index is 1.70. The lowest BCUT2D eigenvalue weighted by molar-refractivity contribution is -0.137. The quantitative estimate of drug-likeness (QED) is 0.570. The van der Waals surface area contributed by atoms with Crippen LogP contribution in [0.5, 0.6) is 0 Å². The van der Waals surface area contributed by atoms with Gasteiger partial charge in [-0.25, -0.2) is 0 Å². The molecule has 1 aromatic carbocycles. The van der Waals surface area contributed by atoms with Gasteiger partial charge in [-0.1, -0.05) is 31.1 Å². The summed E-state index contributed by atoms with van der Waals surface area (Å²) in [6.07, 6.45) is -0.996. The molecule has 30 heavy (non-hydrogen) atoms. The van der Waals surface area contributed by atoms with Crippen molar-refractivity contribution in [2.75, 3.05) is 13.2 Å². The number of rotatable bonds is 5. The number of aromatic nitrogens is 4. The van der Waals surface area contributed by atoms with Crippen molar-refractivity contribution in [1.29, 1.82) is 0 Å². The molecule has 0 unspecified atom stereocenters. The van der Waals surface area contributed by atoms with E-state index in [0.717, 1.165) is 42.8 Å². The lowest BCUT2D eigenvalue weighted by Crippen LogP contribution is -2.19. The fourth-order valence-corrected chi connectivity index (χ4v) is 3.74. The minimum Gasteiger partial charge on any atom is -0.381 e. The van der Waals surface area contributed by atoms with E-state index in [0.29, 0.717) is 19.1 Å². The molecule has 4 rings (SSSR count). The average Bonchev–Trinajstić information content (AvgIpc) is 3.35. The predicted octanol–water partition coefficient (Wildman–Crippen LogP) is 5.17. The maximum Gasteiger partial charge on any atom is 0.416 e. The van der Waals surface area contributed by atoms with Crippen molar-refractivity contribution in [1.82, 2.24) is 19.9 Å². The molecule has 0 bridgehead atoms. The minimum atomic E-state index is -4.43. The molecule has 0 spiro atoms. The molecule has 1 aliphatic rings. The lowest BCUT2D eigenvalue weighted by atomic mass is 9.93. The molecule has 1 fully saturated rings. The highest BCUT2D eigenvalue weighted by atomic mass is 19.4. The smallest absolute Gasteiger partial charge is 0.381 e. The summed E-state index contributed by atoms with van der Waals surface area (Å²) < 4.78 is 52.0. The van der Waals surface area contributed by atoms with Gasteiger partial charge in [-0.15, -0.1) is 0 Å². The van der Waals surface area contributed by atoms with Crippen molar-refractivity contribution in [2.24, 2.45) is 5.92 Å². The van der Waals surface area contributed by atoms with Crippen LogP contribution >= 0.6 is 0 Å². The van der Waals surface area contributed by atoms with Crippen molar-refractivity contribution in [2.45, 2.75) is 45.3 Å². The van der Waals surface area contributed by atoms with E-state index >= 15 is 0 Å². The Bertz CT molecular complexity index is 1000. The summed E-state index contributed by atoms with van der Waals surface area (Å²) >= 11 is 0. The van der Waals surface area contributed by atoms with E-state index in [1.165, 1.54) is 12.1 Å². The standard InChI is InChI=1S/C21H23F3N4O2/c1-13(2)12-28-18(14-6-8-29-9-7-14)17(11-25-28)20-26-19(27-30-20)15-4-3-5-16(10-15)21(22,23)24/h3-5,10-11,13-14H,6-9,12H2,1-2H3. The first kappa shape index (κ1) is 20.6. The normalized spacial score (nSPS) is 15.8. The Morgan fingerprint density at radius 1 is 1.20 bits per heavy atom. The molecular weight excluding hydrogens is 397 g/mol. The zero-order chi connectivity index (χ0) is 21.3. The topological polar surface area (TPSA) is 66.0 Å². The molecule has 0 N–H and O–H groups in total. The Morgan fingerprint density at radius 2 is 1.97 bits per heavy atom. The molecule has 0 saturated carbocycles. The third-order valence-electron chi connectivity index (χ3n) is 5.13. The van der Waals surface area contributed by atoms with Crippen molar-refractivity contribution < 1.29 is 22.4 Å². The molecule has 0 atom stereocenters. The fourth-order valence-electron chi connectivity index (χ4n) is 3.74. The summed E-state index contributed by atoms with van der Waals surface area (Å²) in [6, 6.07) is 4.91. The predicted molar refractivity (Wildman–Crippen MR) is 104 cm³/mol. The van der Waals surface area contributed by atoms with Crippen LogP contribution in [0.25, 0.3) is 22.8 Å². The average molecular weight is 420 g/mol. The summed E-state index contributed by atoms with van der Waals surface area (Å²) in [5.41, 5.74) is 1.25. The van der Waals surface area contributed by atoms with Gasteiger partial charge in [0.1, 0.15) is 0 Å². The summed E-state index contributed by atoms with van der Waals surface area (Å²) in [6.45, 7) is 6.34. The maximum absolute atomic E-state index is 13.0. The van der Waals surface area contributed by atoms with Crippen LogP contribution in [0, 0.1) is 5.92 Å². The van der Waals surface area contributed by atoms with Gasteiger partial charge >= 0.3 is 6.18 Å². The van der Waals surface area contributed by atoms with Crippen molar-refractivity contribution in [3.63, 3.8) is 0 Å². The Kier molecular flexibility index (Phi) is 5.64. The number of hydrogen-bond acceptors (Lipinski definition) is 5. The second-order valence-electron chi connectivity index (χ2n) is 7.91. The van der Waals surface area contributed by atoms with Crippen LogP contribution in [0.1, 0.15) is 43.9 Å². The zero-order valence-electron chi connectivity index (χ0n) is 16.8. The second-order valence-corrected chi connectivity index (χ2v) is 7.91. The molecule has 6 nitrogen and oxygen atoms in total.